The molecule has 2 saturated heterocycles. The second kappa shape index (κ2) is 10.2. The van der Waals surface area contributed by atoms with Crippen molar-refractivity contribution in [2.24, 2.45) is 11.8 Å². The van der Waals surface area contributed by atoms with Gasteiger partial charge in [-0.25, -0.2) is 0 Å². The monoisotopic (exact) mass is 447 g/mol. The number of anilines is 1. The van der Waals surface area contributed by atoms with Crippen molar-refractivity contribution in [2.75, 3.05) is 31.5 Å². The number of rotatable bonds is 4. The van der Waals surface area contributed by atoms with Gasteiger partial charge in [-0.1, -0.05) is 31.2 Å². The zero-order chi connectivity index (χ0) is 23.4. The number of carbonyl (C=O) groups is 3. The van der Waals surface area contributed by atoms with Crippen LogP contribution in [0.15, 0.2) is 48.5 Å². The average molecular weight is 448 g/mol. The van der Waals surface area contributed by atoms with Gasteiger partial charge in [0, 0.05) is 48.9 Å². The molecule has 1 atom stereocenters. The van der Waals surface area contributed by atoms with E-state index in [0.29, 0.717) is 48.7 Å². The molecule has 0 aliphatic carbocycles. The van der Waals surface area contributed by atoms with Crippen molar-refractivity contribution in [1.29, 1.82) is 0 Å². The van der Waals surface area contributed by atoms with E-state index >= 15 is 0 Å². The Morgan fingerprint density at radius 1 is 0.879 bits per heavy atom. The largest absolute Gasteiger partial charge is 0.342 e. The fraction of sp³-hybridized carbons (Fsp3) is 0.444. The Labute approximate surface area is 196 Å². The summed E-state index contributed by atoms with van der Waals surface area (Å²) in [7, 11) is 0. The van der Waals surface area contributed by atoms with E-state index in [2.05, 4.69) is 12.2 Å². The predicted molar refractivity (Wildman–Crippen MR) is 129 cm³/mol. The van der Waals surface area contributed by atoms with Gasteiger partial charge in [-0.05, 0) is 68.4 Å². The minimum absolute atomic E-state index is 0.0121. The van der Waals surface area contributed by atoms with Crippen molar-refractivity contribution < 1.29 is 14.4 Å². The van der Waals surface area contributed by atoms with E-state index in [-0.39, 0.29) is 23.6 Å². The predicted octanol–water partition coefficient (Wildman–Crippen LogP) is 4.36. The molecule has 0 saturated carbocycles. The van der Waals surface area contributed by atoms with E-state index in [9.17, 15) is 14.4 Å². The van der Waals surface area contributed by atoms with Gasteiger partial charge in [0.15, 0.2) is 0 Å². The lowest BCUT2D eigenvalue weighted by Crippen LogP contribution is -2.47. The van der Waals surface area contributed by atoms with Crippen molar-refractivity contribution in [3.05, 3.63) is 65.2 Å². The lowest BCUT2D eigenvalue weighted by molar-refractivity contribution is -0.138. The molecule has 1 unspecified atom stereocenters. The summed E-state index contributed by atoms with van der Waals surface area (Å²) >= 11 is 0. The number of nitrogens with one attached hydrogen (secondary N) is 1. The fourth-order valence-corrected chi connectivity index (χ4v) is 4.83. The molecule has 2 aromatic carbocycles. The lowest BCUT2D eigenvalue weighted by Gasteiger charge is -2.37. The third-order valence-electron chi connectivity index (χ3n) is 6.87. The molecule has 174 valence electrons. The summed E-state index contributed by atoms with van der Waals surface area (Å²) in [6, 6.07) is 14.5. The van der Waals surface area contributed by atoms with Crippen molar-refractivity contribution in [3.63, 3.8) is 0 Å². The van der Waals surface area contributed by atoms with E-state index in [4.69, 9.17) is 0 Å². The molecule has 2 aromatic rings. The van der Waals surface area contributed by atoms with Crippen molar-refractivity contribution in [3.8, 4) is 0 Å². The van der Waals surface area contributed by atoms with E-state index in [1.165, 1.54) is 6.42 Å². The maximum atomic E-state index is 13.2. The van der Waals surface area contributed by atoms with Crippen molar-refractivity contribution in [1.82, 2.24) is 9.80 Å². The highest BCUT2D eigenvalue weighted by atomic mass is 16.2. The van der Waals surface area contributed by atoms with Crippen molar-refractivity contribution in [2.45, 2.75) is 39.5 Å². The third-order valence-corrected chi connectivity index (χ3v) is 6.87. The molecule has 33 heavy (non-hydrogen) atoms. The first-order chi connectivity index (χ1) is 15.9. The summed E-state index contributed by atoms with van der Waals surface area (Å²) < 4.78 is 0. The van der Waals surface area contributed by atoms with Crippen LogP contribution in [-0.2, 0) is 4.79 Å². The van der Waals surface area contributed by atoms with Crippen LogP contribution in [0.4, 0.5) is 5.69 Å². The van der Waals surface area contributed by atoms with E-state index in [1.807, 2.05) is 47.1 Å². The Kier molecular flexibility index (Phi) is 7.11. The van der Waals surface area contributed by atoms with Gasteiger partial charge in [-0.3, -0.25) is 14.4 Å². The molecular formula is C27H33N3O3. The van der Waals surface area contributed by atoms with E-state index < -0.39 is 0 Å². The summed E-state index contributed by atoms with van der Waals surface area (Å²) in [5.41, 5.74) is 2.66. The summed E-state index contributed by atoms with van der Waals surface area (Å²) in [6.45, 7) is 7.00. The van der Waals surface area contributed by atoms with Gasteiger partial charge >= 0.3 is 0 Å². The second-order valence-electron chi connectivity index (χ2n) is 9.45. The zero-order valence-corrected chi connectivity index (χ0v) is 19.5. The Balaban J connectivity index is 1.37. The number of hydrogen-bond donors (Lipinski definition) is 1. The minimum Gasteiger partial charge on any atom is -0.342 e. The number of benzene rings is 2. The number of amides is 3. The Morgan fingerprint density at radius 3 is 2.30 bits per heavy atom. The Hall–Kier alpha value is -3.15. The average Bonchev–Trinajstić information content (AvgIpc) is 2.85. The first-order valence-electron chi connectivity index (χ1n) is 12.0. The van der Waals surface area contributed by atoms with Crippen LogP contribution in [0.25, 0.3) is 0 Å². The lowest BCUT2D eigenvalue weighted by atomic mass is 9.92. The molecule has 2 heterocycles. The second-order valence-corrected chi connectivity index (χ2v) is 9.45. The number of carbonyl (C=O) groups excluding carboxylic acids is 3. The number of hydrogen-bond acceptors (Lipinski definition) is 3. The summed E-state index contributed by atoms with van der Waals surface area (Å²) in [6.07, 6.45) is 3.69. The van der Waals surface area contributed by atoms with Gasteiger partial charge in [0.2, 0.25) is 5.91 Å². The molecule has 2 aliphatic rings. The van der Waals surface area contributed by atoms with Crippen LogP contribution in [0.2, 0.25) is 0 Å². The third kappa shape index (κ3) is 5.44. The molecule has 0 aromatic heterocycles. The van der Waals surface area contributed by atoms with Crippen LogP contribution >= 0.6 is 0 Å². The standard InChI is InChI=1S/C27H33N3O3/c1-19-7-6-14-30(18-19)26(32)22-12-15-29(16-13-22)27(33)23-11-10-20(2)24(17-23)28-25(31)21-8-4-3-5-9-21/h3-5,8-11,17,19,22H,6-7,12-16,18H2,1-2H3,(H,28,31). The highest BCUT2D eigenvalue weighted by Gasteiger charge is 2.32. The number of aryl methyl sites for hydroxylation is 1. The fourth-order valence-electron chi connectivity index (χ4n) is 4.83. The summed E-state index contributed by atoms with van der Waals surface area (Å²) in [4.78, 5) is 42.5. The van der Waals surface area contributed by atoms with Crippen LogP contribution in [0.3, 0.4) is 0 Å². The first kappa shape index (κ1) is 23.0. The van der Waals surface area contributed by atoms with Gasteiger partial charge in [-0.2, -0.15) is 0 Å². The molecule has 6 heteroatoms. The first-order valence-corrected chi connectivity index (χ1v) is 12.0. The van der Waals surface area contributed by atoms with Crippen LogP contribution in [0.1, 0.15) is 58.9 Å². The van der Waals surface area contributed by atoms with Gasteiger partial charge in [0.05, 0.1) is 0 Å². The van der Waals surface area contributed by atoms with E-state index in [1.54, 1.807) is 18.2 Å². The smallest absolute Gasteiger partial charge is 0.255 e. The molecule has 0 spiro atoms. The van der Waals surface area contributed by atoms with Crippen LogP contribution in [0.5, 0.6) is 0 Å². The van der Waals surface area contributed by atoms with Gasteiger partial charge < -0.3 is 15.1 Å². The topological polar surface area (TPSA) is 69.7 Å². The summed E-state index contributed by atoms with van der Waals surface area (Å²) in [5.74, 6) is 0.591. The molecule has 0 radical (unpaired) electrons. The molecule has 2 aliphatic heterocycles. The Bertz CT molecular complexity index is 1010. The molecule has 4 rings (SSSR count). The van der Waals surface area contributed by atoms with Gasteiger partial charge in [0.1, 0.15) is 0 Å². The molecule has 3 amide bonds. The number of nitrogens with zero attached hydrogens (tertiary/aromatic N) is 2. The highest BCUT2D eigenvalue weighted by Crippen LogP contribution is 2.25. The SMILES string of the molecule is Cc1ccc(C(=O)N2CCC(C(=O)N3CCCC(C)C3)CC2)cc1NC(=O)c1ccccc1. The quantitative estimate of drug-likeness (QED) is 0.757. The van der Waals surface area contributed by atoms with Gasteiger partial charge in [-0.15, -0.1) is 0 Å². The Morgan fingerprint density at radius 2 is 1.61 bits per heavy atom. The molecular weight excluding hydrogens is 414 g/mol. The summed E-state index contributed by atoms with van der Waals surface area (Å²) in [5, 5.41) is 2.93. The maximum Gasteiger partial charge on any atom is 0.255 e. The minimum atomic E-state index is -0.199. The van der Waals surface area contributed by atoms with Crippen molar-refractivity contribution >= 4 is 23.4 Å². The zero-order valence-electron chi connectivity index (χ0n) is 19.5. The van der Waals surface area contributed by atoms with Crippen LogP contribution in [0, 0.1) is 18.8 Å². The normalized spacial score (nSPS) is 19.3. The molecule has 6 nitrogen and oxygen atoms in total. The maximum absolute atomic E-state index is 13.2. The van der Waals surface area contributed by atoms with Crippen LogP contribution < -0.4 is 5.32 Å². The number of likely N-dealkylation sites (tertiary alicyclic amines) is 2. The highest BCUT2D eigenvalue weighted by molar-refractivity contribution is 6.05. The van der Waals surface area contributed by atoms with Gasteiger partial charge in [0.25, 0.3) is 11.8 Å². The van der Waals surface area contributed by atoms with E-state index in [0.717, 1.165) is 25.1 Å². The molecule has 1 N–H and O–H groups in total. The molecule has 0 bridgehead atoms. The molecule has 2 fully saturated rings. The number of piperidine rings is 2. The van der Waals surface area contributed by atoms with Crippen LogP contribution in [-0.4, -0.2) is 53.7 Å².